The number of nitrogens with zero attached hydrogens (tertiary/aromatic N) is 1. The maximum absolute atomic E-state index is 5.90. The lowest BCUT2D eigenvalue weighted by Gasteiger charge is -2.25. The van der Waals surface area contributed by atoms with Gasteiger partial charge in [0.15, 0.2) is 0 Å². The summed E-state index contributed by atoms with van der Waals surface area (Å²) in [5, 5.41) is 0. The molecule has 0 amide bonds. The summed E-state index contributed by atoms with van der Waals surface area (Å²) in [7, 11) is 0. The number of aryl methyl sites for hydroxylation is 1. The number of rotatable bonds is 7. The molecule has 3 nitrogen and oxygen atoms in total. The van der Waals surface area contributed by atoms with Crippen LogP contribution in [0.15, 0.2) is 48.5 Å². The molecule has 21 heavy (non-hydrogen) atoms. The zero-order valence-electron chi connectivity index (χ0n) is 12.9. The second kappa shape index (κ2) is 7.70. The molecule has 2 aromatic carbocycles. The molecule has 2 N–H and O–H groups in total. The molecule has 0 aliphatic carbocycles. The van der Waals surface area contributed by atoms with E-state index in [4.69, 9.17) is 10.5 Å². The highest BCUT2D eigenvalue weighted by molar-refractivity contribution is 5.52. The first kappa shape index (κ1) is 15.4. The highest BCUT2D eigenvalue weighted by atomic mass is 16.5. The van der Waals surface area contributed by atoms with Gasteiger partial charge in [0, 0.05) is 24.3 Å². The quantitative estimate of drug-likeness (QED) is 0.847. The first-order valence-electron chi connectivity index (χ1n) is 7.47. The fourth-order valence-electron chi connectivity index (χ4n) is 2.45. The van der Waals surface area contributed by atoms with Crippen molar-refractivity contribution in [2.24, 2.45) is 5.73 Å². The van der Waals surface area contributed by atoms with Crippen molar-refractivity contribution in [3.05, 3.63) is 59.7 Å². The predicted molar refractivity (Wildman–Crippen MR) is 88.9 cm³/mol. The predicted octanol–water partition coefficient (Wildman–Crippen LogP) is 3.36. The minimum absolute atomic E-state index is 0.505. The van der Waals surface area contributed by atoms with E-state index in [0.29, 0.717) is 13.2 Å². The number of para-hydroxylation sites is 2. The van der Waals surface area contributed by atoms with Gasteiger partial charge in [-0.25, -0.2) is 0 Å². The van der Waals surface area contributed by atoms with Crippen LogP contribution in [0.2, 0.25) is 0 Å². The van der Waals surface area contributed by atoms with E-state index in [9.17, 15) is 0 Å². The molecule has 112 valence electrons. The summed E-state index contributed by atoms with van der Waals surface area (Å²) < 4.78 is 5.90. The summed E-state index contributed by atoms with van der Waals surface area (Å²) >= 11 is 0. The van der Waals surface area contributed by atoms with Gasteiger partial charge in [-0.2, -0.15) is 0 Å². The third-order valence-electron chi connectivity index (χ3n) is 3.65. The third kappa shape index (κ3) is 3.99. The average Bonchev–Trinajstić information content (AvgIpc) is 2.53. The highest BCUT2D eigenvalue weighted by Crippen LogP contribution is 2.20. The summed E-state index contributed by atoms with van der Waals surface area (Å²) in [4.78, 5) is 2.33. The SMILES string of the molecule is CCN(CCOc1ccccc1CN)c1ccccc1C. The van der Waals surface area contributed by atoms with Crippen molar-refractivity contribution in [3.63, 3.8) is 0 Å². The molecular formula is C18H24N2O. The van der Waals surface area contributed by atoms with Gasteiger partial charge in [-0.1, -0.05) is 36.4 Å². The Hall–Kier alpha value is -2.00. The molecule has 0 aromatic heterocycles. The van der Waals surface area contributed by atoms with E-state index >= 15 is 0 Å². The topological polar surface area (TPSA) is 38.5 Å². The lowest BCUT2D eigenvalue weighted by atomic mass is 10.2. The summed E-state index contributed by atoms with van der Waals surface area (Å²) in [5.41, 5.74) is 9.35. The van der Waals surface area contributed by atoms with E-state index in [1.807, 2.05) is 24.3 Å². The van der Waals surface area contributed by atoms with Crippen LogP contribution in [-0.2, 0) is 6.54 Å². The van der Waals surface area contributed by atoms with Crippen molar-refractivity contribution in [1.29, 1.82) is 0 Å². The largest absolute Gasteiger partial charge is 0.491 e. The van der Waals surface area contributed by atoms with Crippen LogP contribution in [0.25, 0.3) is 0 Å². The number of benzene rings is 2. The normalized spacial score (nSPS) is 10.4. The Labute approximate surface area is 127 Å². The van der Waals surface area contributed by atoms with Gasteiger partial charge in [0.25, 0.3) is 0 Å². The van der Waals surface area contributed by atoms with Crippen LogP contribution >= 0.6 is 0 Å². The van der Waals surface area contributed by atoms with Crippen molar-refractivity contribution in [3.8, 4) is 5.75 Å². The third-order valence-corrected chi connectivity index (χ3v) is 3.65. The Kier molecular flexibility index (Phi) is 5.64. The summed E-state index contributed by atoms with van der Waals surface area (Å²) in [6.45, 7) is 7.29. The molecule has 0 fully saturated rings. The highest BCUT2D eigenvalue weighted by Gasteiger charge is 2.07. The molecule has 0 heterocycles. The molecule has 0 aliphatic rings. The summed E-state index contributed by atoms with van der Waals surface area (Å²) in [6, 6.07) is 16.4. The molecule has 0 radical (unpaired) electrons. The van der Waals surface area contributed by atoms with Crippen LogP contribution in [0.3, 0.4) is 0 Å². The number of likely N-dealkylation sites (N-methyl/N-ethyl adjacent to an activating group) is 1. The summed E-state index contributed by atoms with van der Waals surface area (Å²) in [5.74, 6) is 0.890. The Morgan fingerprint density at radius 1 is 1.05 bits per heavy atom. The van der Waals surface area contributed by atoms with E-state index in [-0.39, 0.29) is 0 Å². The molecular weight excluding hydrogens is 260 g/mol. The second-order valence-electron chi connectivity index (χ2n) is 5.03. The standard InChI is InChI=1S/C18H24N2O/c1-3-20(17-10-6-4-8-15(17)2)12-13-21-18-11-7-5-9-16(18)14-19/h4-11H,3,12-14,19H2,1-2H3. The Morgan fingerprint density at radius 3 is 2.48 bits per heavy atom. The van der Waals surface area contributed by atoms with Crippen LogP contribution < -0.4 is 15.4 Å². The van der Waals surface area contributed by atoms with Gasteiger partial charge in [-0.15, -0.1) is 0 Å². The number of nitrogens with two attached hydrogens (primary N) is 1. The van der Waals surface area contributed by atoms with Gasteiger partial charge in [-0.3, -0.25) is 0 Å². The van der Waals surface area contributed by atoms with Gasteiger partial charge in [0.05, 0.1) is 6.54 Å². The molecule has 0 spiro atoms. The minimum Gasteiger partial charge on any atom is -0.491 e. The fraction of sp³-hybridized carbons (Fsp3) is 0.333. The van der Waals surface area contributed by atoms with Crippen LogP contribution in [0.4, 0.5) is 5.69 Å². The van der Waals surface area contributed by atoms with Crippen LogP contribution in [0.1, 0.15) is 18.1 Å². The molecule has 3 heteroatoms. The molecule has 0 bridgehead atoms. The lowest BCUT2D eigenvalue weighted by Crippen LogP contribution is -2.28. The minimum atomic E-state index is 0.505. The zero-order chi connectivity index (χ0) is 15.1. The van der Waals surface area contributed by atoms with E-state index in [1.54, 1.807) is 0 Å². The van der Waals surface area contributed by atoms with Gasteiger partial charge in [0.2, 0.25) is 0 Å². The molecule has 0 saturated heterocycles. The van der Waals surface area contributed by atoms with Gasteiger partial charge >= 0.3 is 0 Å². The Bertz CT molecular complexity index is 569. The lowest BCUT2D eigenvalue weighted by molar-refractivity contribution is 0.321. The molecule has 0 atom stereocenters. The molecule has 0 aliphatic heterocycles. The number of ether oxygens (including phenoxy) is 1. The Morgan fingerprint density at radius 2 is 1.76 bits per heavy atom. The number of anilines is 1. The van der Waals surface area contributed by atoms with Crippen molar-refractivity contribution < 1.29 is 4.74 Å². The monoisotopic (exact) mass is 284 g/mol. The first-order valence-corrected chi connectivity index (χ1v) is 7.47. The van der Waals surface area contributed by atoms with Crippen molar-refractivity contribution in [1.82, 2.24) is 0 Å². The first-order chi connectivity index (χ1) is 10.3. The van der Waals surface area contributed by atoms with Crippen molar-refractivity contribution in [2.45, 2.75) is 20.4 Å². The van der Waals surface area contributed by atoms with Crippen LogP contribution in [-0.4, -0.2) is 19.7 Å². The second-order valence-corrected chi connectivity index (χ2v) is 5.03. The summed E-state index contributed by atoms with van der Waals surface area (Å²) in [6.07, 6.45) is 0. The molecule has 2 rings (SSSR count). The fourth-order valence-corrected chi connectivity index (χ4v) is 2.45. The number of hydrogen-bond donors (Lipinski definition) is 1. The van der Waals surface area contributed by atoms with E-state index < -0.39 is 0 Å². The maximum atomic E-state index is 5.90. The smallest absolute Gasteiger partial charge is 0.123 e. The van der Waals surface area contributed by atoms with Gasteiger partial charge < -0.3 is 15.4 Å². The van der Waals surface area contributed by atoms with Gasteiger partial charge in [0.1, 0.15) is 12.4 Å². The van der Waals surface area contributed by atoms with Gasteiger partial charge in [-0.05, 0) is 31.5 Å². The molecule has 0 unspecified atom stereocenters. The van der Waals surface area contributed by atoms with E-state index in [2.05, 4.69) is 43.0 Å². The van der Waals surface area contributed by atoms with Crippen LogP contribution in [0.5, 0.6) is 5.75 Å². The number of hydrogen-bond acceptors (Lipinski definition) is 3. The Balaban J connectivity index is 1.97. The molecule has 2 aromatic rings. The zero-order valence-corrected chi connectivity index (χ0v) is 12.9. The van der Waals surface area contributed by atoms with E-state index in [0.717, 1.165) is 24.4 Å². The average molecular weight is 284 g/mol. The maximum Gasteiger partial charge on any atom is 0.123 e. The van der Waals surface area contributed by atoms with Crippen molar-refractivity contribution in [2.75, 3.05) is 24.6 Å². The van der Waals surface area contributed by atoms with E-state index in [1.165, 1.54) is 11.3 Å². The van der Waals surface area contributed by atoms with Crippen molar-refractivity contribution >= 4 is 5.69 Å². The van der Waals surface area contributed by atoms with Crippen LogP contribution in [0, 0.1) is 6.92 Å². The molecule has 0 saturated carbocycles.